The van der Waals surface area contributed by atoms with Crippen LogP contribution in [0.15, 0.2) is 79.5 Å². The van der Waals surface area contributed by atoms with Crippen LogP contribution in [0.5, 0.6) is 0 Å². The van der Waals surface area contributed by atoms with Gasteiger partial charge in [0, 0.05) is 49.2 Å². The summed E-state index contributed by atoms with van der Waals surface area (Å²) in [5.74, 6) is 0.720. The third-order valence-corrected chi connectivity index (χ3v) is 6.46. The molecule has 0 spiro atoms. The van der Waals surface area contributed by atoms with Gasteiger partial charge in [0.1, 0.15) is 0 Å². The summed E-state index contributed by atoms with van der Waals surface area (Å²) in [6.07, 6.45) is 11.6. The molecule has 1 saturated heterocycles. The monoisotopic (exact) mass is 424 g/mol. The molecule has 3 heterocycles. The number of fused-ring (bicyclic) bond motifs is 1. The maximum absolute atomic E-state index is 13.2. The molecular weight excluding hydrogens is 396 g/mol. The Bertz CT molecular complexity index is 1200. The second kappa shape index (κ2) is 9.35. The largest absolute Gasteiger partial charge is 0.339 e. The second-order valence-electron chi connectivity index (χ2n) is 8.72. The molecule has 2 aromatic heterocycles. The molecule has 0 N–H and O–H groups in total. The van der Waals surface area contributed by atoms with Gasteiger partial charge in [0.05, 0.1) is 11.8 Å². The van der Waals surface area contributed by atoms with Gasteiger partial charge in [-0.2, -0.15) is 0 Å². The Morgan fingerprint density at radius 2 is 1.91 bits per heavy atom. The molecule has 1 aliphatic rings. The topological polar surface area (TPSA) is 51.0 Å². The minimum Gasteiger partial charge on any atom is -0.339 e. The van der Waals surface area contributed by atoms with Gasteiger partial charge in [-0.1, -0.05) is 36.4 Å². The van der Waals surface area contributed by atoms with Crippen molar-refractivity contribution < 1.29 is 4.79 Å². The SMILES string of the molecule is O=C(c1cccc(Cn2ccnc2)c1)N1CCC[C@H](Cc2cccc3cccnc23)CC1. The molecule has 1 aliphatic heterocycles. The number of carbonyl (C=O) groups excluding carboxylic acids is 1. The molecule has 5 nitrogen and oxygen atoms in total. The van der Waals surface area contributed by atoms with Crippen LogP contribution in [0.4, 0.5) is 0 Å². The van der Waals surface area contributed by atoms with Gasteiger partial charge >= 0.3 is 0 Å². The zero-order valence-electron chi connectivity index (χ0n) is 18.2. The van der Waals surface area contributed by atoms with Crippen molar-refractivity contribution in [2.45, 2.75) is 32.2 Å². The van der Waals surface area contributed by atoms with Gasteiger partial charge in [-0.25, -0.2) is 4.98 Å². The number of imidazole rings is 1. The van der Waals surface area contributed by atoms with Gasteiger partial charge in [-0.15, -0.1) is 0 Å². The number of aromatic nitrogens is 3. The van der Waals surface area contributed by atoms with Crippen molar-refractivity contribution in [3.8, 4) is 0 Å². The Balaban J connectivity index is 1.25. The third kappa shape index (κ3) is 4.57. The number of nitrogens with zero attached hydrogens (tertiary/aromatic N) is 4. The van der Waals surface area contributed by atoms with Crippen LogP contribution in [0, 0.1) is 5.92 Å². The quantitative estimate of drug-likeness (QED) is 0.455. The van der Waals surface area contributed by atoms with E-state index in [0.717, 1.165) is 62.0 Å². The van der Waals surface area contributed by atoms with Gasteiger partial charge in [0.2, 0.25) is 0 Å². The van der Waals surface area contributed by atoms with E-state index in [4.69, 9.17) is 0 Å². The van der Waals surface area contributed by atoms with E-state index in [1.807, 2.05) is 46.1 Å². The molecule has 0 saturated carbocycles. The van der Waals surface area contributed by atoms with Crippen LogP contribution >= 0.6 is 0 Å². The second-order valence-corrected chi connectivity index (χ2v) is 8.72. The Labute approximate surface area is 188 Å². The molecule has 2 aromatic carbocycles. The average molecular weight is 425 g/mol. The number of amides is 1. The first-order chi connectivity index (χ1) is 15.8. The molecule has 1 fully saturated rings. The maximum atomic E-state index is 13.2. The number of pyridine rings is 1. The smallest absolute Gasteiger partial charge is 0.253 e. The normalized spacial score (nSPS) is 16.8. The summed E-state index contributed by atoms with van der Waals surface area (Å²) in [6, 6.07) is 18.6. The molecule has 5 rings (SSSR count). The minimum atomic E-state index is 0.143. The van der Waals surface area contributed by atoms with Gasteiger partial charge in [0.15, 0.2) is 0 Å². The van der Waals surface area contributed by atoms with Gasteiger partial charge < -0.3 is 9.47 Å². The summed E-state index contributed by atoms with van der Waals surface area (Å²) in [6.45, 7) is 2.37. The Kier molecular flexibility index (Phi) is 5.97. The lowest BCUT2D eigenvalue weighted by Gasteiger charge is -2.21. The lowest BCUT2D eigenvalue weighted by Crippen LogP contribution is -2.32. The van der Waals surface area contributed by atoms with Crippen molar-refractivity contribution in [2.75, 3.05) is 13.1 Å². The summed E-state index contributed by atoms with van der Waals surface area (Å²) in [7, 11) is 0. The fourth-order valence-corrected chi connectivity index (χ4v) is 4.79. The minimum absolute atomic E-state index is 0.143. The zero-order valence-corrected chi connectivity index (χ0v) is 18.2. The number of benzene rings is 2. The molecule has 1 amide bonds. The van der Waals surface area contributed by atoms with Crippen LogP contribution in [-0.2, 0) is 13.0 Å². The van der Waals surface area contributed by atoms with Gasteiger partial charge in [-0.3, -0.25) is 9.78 Å². The van der Waals surface area contributed by atoms with E-state index < -0.39 is 0 Å². The van der Waals surface area contributed by atoms with Gasteiger partial charge in [-0.05, 0) is 60.9 Å². The highest BCUT2D eigenvalue weighted by atomic mass is 16.2. The van der Waals surface area contributed by atoms with E-state index in [0.29, 0.717) is 5.92 Å². The molecule has 0 aliphatic carbocycles. The highest BCUT2D eigenvalue weighted by Gasteiger charge is 2.22. The maximum Gasteiger partial charge on any atom is 0.253 e. The van der Waals surface area contributed by atoms with Crippen LogP contribution in [0.25, 0.3) is 10.9 Å². The fraction of sp³-hybridized carbons (Fsp3) is 0.296. The van der Waals surface area contributed by atoms with Gasteiger partial charge in [0.25, 0.3) is 5.91 Å². The number of hydrogen-bond donors (Lipinski definition) is 0. The van der Waals surface area contributed by atoms with E-state index in [2.05, 4.69) is 40.3 Å². The van der Waals surface area contributed by atoms with Crippen LogP contribution in [0.2, 0.25) is 0 Å². The predicted molar refractivity (Wildman–Crippen MR) is 126 cm³/mol. The van der Waals surface area contributed by atoms with Crippen molar-refractivity contribution in [1.82, 2.24) is 19.4 Å². The highest BCUT2D eigenvalue weighted by molar-refractivity contribution is 5.94. The van der Waals surface area contributed by atoms with Crippen molar-refractivity contribution in [3.05, 3.63) is 96.2 Å². The molecule has 4 aromatic rings. The molecule has 32 heavy (non-hydrogen) atoms. The lowest BCUT2D eigenvalue weighted by molar-refractivity contribution is 0.0760. The molecule has 0 unspecified atom stereocenters. The van der Waals surface area contributed by atoms with Crippen LogP contribution in [0.1, 0.15) is 40.7 Å². The van der Waals surface area contributed by atoms with Crippen molar-refractivity contribution in [2.24, 2.45) is 5.92 Å². The lowest BCUT2D eigenvalue weighted by atomic mass is 9.91. The highest BCUT2D eigenvalue weighted by Crippen LogP contribution is 2.26. The Morgan fingerprint density at radius 3 is 2.81 bits per heavy atom. The molecule has 0 radical (unpaired) electrons. The first-order valence-corrected chi connectivity index (χ1v) is 11.4. The van der Waals surface area contributed by atoms with Crippen molar-refractivity contribution >= 4 is 16.8 Å². The van der Waals surface area contributed by atoms with Crippen molar-refractivity contribution in [3.63, 3.8) is 0 Å². The summed E-state index contributed by atoms with van der Waals surface area (Å²) in [5, 5.41) is 1.20. The van der Waals surface area contributed by atoms with Crippen LogP contribution in [0.3, 0.4) is 0 Å². The molecular formula is C27H28N4O. The predicted octanol–water partition coefficient (Wildman–Crippen LogP) is 4.96. The average Bonchev–Trinajstić information content (AvgIpc) is 3.23. The first-order valence-electron chi connectivity index (χ1n) is 11.4. The van der Waals surface area contributed by atoms with Crippen molar-refractivity contribution in [1.29, 1.82) is 0 Å². The van der Waals surface area contributed by atoms with E-state index in [-0.39, 0.29) is 5.91 Å². The molecule has 0 bridgehead atoms. The molecule has 5 heteroatoms. The summed E-state index contributed by atoms with van der Waals surface area (Å²) >= 11 is 0. The number of hydrogen-bond acceptors (Lipinski definition) is 3. The number of para-hydroxylation sites is 1. The van der Waals surface area contributed by atoms with E-state index in [1.165, 1.54) is 10.9 Å². The Morgan fingerprint density at radius 1 is 1.00 bits per heavy atom. The first kappa shape index (κ1) is 20.4. The molecule has 1 atom stereocenters. The standard InChI is InChI=1S/C27H28N4O/c32-27(25-9-1-5-22(18-25)19-30-16-13-28-20-30)31-14-4-6-21(11-15-31)17-24-8-2-7-23-10-3-12-29-26(23)24/h1-3,5,7-10,12-13,16,18,20-21H,4,6,11,14-15,17,19H2/t21-/m0/s1. The fourth-order valence-electron chi connectivity index (χ4n) is 4.79. The summed E-state index contributed by atoms with van der Waals surface area (Å²) < 4.78 is 2.02. The van der Waals surface area contributed by atoms with E-state index in [9.17, 15) is 4.79 Å². The number of carbonyl (C=O) groups is 1. The Hall–Kier alpha value is -3.47. The van der Waals surface area contributed by atoms with Crippen LogP contribution < -0.4 is 0 Å². The summed E-state index contributed by atoms with van der Waals surface area (Å²) in [5.41, 5.74) is 4.33. The number of likely N-dealkylation sites (tertiary alicyclic amines) is 1. The third-order valence-electron chi connectivity index (χ3n) is 6.46. The summed E-state index contributed by atoms with van der Waals surface area (Å²) in [4.78, 5) is 24.0. The van der Waals surface area contributed by atoms with E-state index in [1.54, 1.807) is 12.5 Å². The number of rotatable bonds is 5. The van der Waals surface area contributed by atoms with Crippen LogP contribution in [-0.4, -0.2) is 38.4 Å². The zero-order chi connectivity index (χ0) is 21.8. The molecule has 162 valence electrons. The van der Waals surface area contributed by atoms with E-state index >= 15 is 0 Å².